The van der Waals surface area contributed by atoms with Gasteiger partial charge in [0.2, 0.25) is 15.0 Å². The van der Waals surface area contributed by atoms with E-state index in [0.717, 1.165) is 11.8 Å². The first-order chi connectivity index (χ1) is 13.7. The zero-order valence-corrected chi connectivity index (χ0v) is 17.4. The fraction of sp³-hybridized carbons (Fsp3) is 0.263. The molecule has 0 radical (unpaired) electrons. The number of rotatable bonds is 4. The van der Waals surface area contributed by atoms with Crippen LogP contribution in [0.3, 0.4) is 0 Å². The second-order valence-corrected chi connectivity index (χ2v) is 9.72. The lowest BCUT2D eigenvalue weighted by atomic mass is 9.91. The number of nitrogens with zero attached hydrogens (tertiary/aromatic N) is 4. The first kappa shape index (κ1) is 19.6. The minimum absolute atomic E-state index is 0.252. The highest BCUT2D eigenvalue weighted by Crippen LogP contribution is 2.35. The van der Waals surface area contributed by atoms with Crippen molar-refractivity contribution in [3.05, 3.63) is 47.5 Å². The van der Waals surface area contributed by atoms with Crippen molar-refractivity contribution >= 4 is 27.1 Å². The van der Waals surface area contributed by atoms with Gasteiger partial charge in [-0.15, -0.1) is 11.3 Å². The molecule has 1 aliphatic heterocycles. The standard InChI is InChI=1S/C19H18N4O4S2/c1-23-9-7-19(25,17(23)24)13-5-3-4-12(10-13)16-21-15(11-28-16)14-6-8-20-18(22-14)29(2,26)27/h3-6,8,10-11,25H,7,9H2,1-2H3/t19-/m1/s1. The third-order valence-corrected chi connectivity index (χ3v) is 6.58. The van der Waals surface area contributed by atoms with Gasteiger partial charge in [-0.25, -0.2) is 23.4 Å². The number of hydrogen-bond acceptors (Lipinski definition) is 8. The van der Waals surface area contributed by atoms with Gasteiger partial charge >= 0.3 is 0 Å². The summed E-state index contributed by atoms with van der Waals surface area (Å²) in [6, 6.07) is 8.72. The third-order valence-electron chi connectivity index (χ3n) is 4.83. The highest BCUT2D eigenvalue weighted by Gasteiger charge is 2.45. The highest BCUT2D eigenvalue weighted by atomic mass is 32.2. The molecule has 3 aromatic rings. The summed E-state index contributed by atoms with van der Waals surface area (Å²) in [5.41, 5.74) is 0.694. The quantitative estimate of drug-likeness (QED) is 0.627. The van der Waals surface area contributed by atoms with Crippen molar-refractivity contribution in [3.8, 4) is 22.0 Å². The van der Waals surface area contributed by atoms with Crippen molar-refractivity contribution in [1.29, 1.82) is 0 Å². The van der Waals surface area contributed by atoms with Gasteiger partial charge in [-0.05, 0) is 17.7 Å². The van der Waals surface area contributed by atoms with E-state index in [4.69, 9.17) is 0 Å². The number of aromatic nitrogens is 3. The molecule has 0 saturated carbocycles. The van der Waals surface area contributed by atoms with Crippen molar-refractivity contribution in [2.24, 2.45) is 0 Å². The Kier molecular flexibility index (Phi) is 4.72. The highest BCUT2D eigenvalue weighted by molar-refractivity contribution is 7.90. The molecule has 3 heterocycles. The van der Waals surface area contributed by atoms with Crippen molar-refractivity contribution < 1.29 is 18.3 Å². The maximum atomic E-state index is 12.4. The molecule has 0 unspecified atom stereocenters. The smallest absolute Gasteiger partial charge is 0.258 e. The van der Waals surface area contributed by atoms with Crippen LogP contribution < -0.4 is 0 Å². The molecular formula is C19H18N4O4S2. The molecule has 8 nitrogen and oxygen atoms in total. The van der Waals surface area contributed by atoms with Gasteiger partial charge in [0.1, 0.15) is 10.7 Å². The summed E-state index contributed by atoms with van der Waals surface area (Å²) < 4.78 is 23.4. The van der Waals surface area contributed by atoms with E-state index >= 15 is 0 Å². The van der Waals surface area contributed by atoms with Crippen LogP contribution in [0.25, 0.3) is 22.0 Å². The second-order valence-electron chi connectivity index (χ2n) is 6.95. The maximum absolute atomic E-state index is 12.4. The van der Waals surface area contributed by atoms with Gasteiger partial charge in [-0.3, -0.25) is 4.79 Å². The lowest BCUT2D eigenvalue weighted by Crippen LogP contribution is -2.36. The Hall–Kier alpha value is -2.69. The number of sulfone groups is 1. The van der Waals surface area contributed by atoms with Gasteiger partial charge in [0.15, 0.2) is 5.60 Å². The van der Waals surface area contributed by atoms with E-state index in [1.807, 2.05) is 6.07 Å². The fourth-order valence-electron chi connectivity index (χ4n) is 3.22. The number of thiazole rings is 1. The van der Waals surface area contributed by atoms with Crippen LogP contribution in [-0.4, -0.2) is 59.1 Å². The van der Waals surface area contributed by atoms with Gasteiger partial charge in [-0.2, -0.15) is 0 Å². The SMILES string of the molecule is CN1CC[C@@](O)(c2cccc(-c3nc(-c4ccnc(S(C)(=O)=O)n4)cs3)c2)C1=O. The van der Waals surface area contributed by atoms with Gasteiger partial charge < -0.3 is 10.0 Å². The molecule has 1 atom stereocenters. The van der Waals surface area contributed by atoms with Gasteiger partial charge in [0, 0.05) is 43.4 Å². The molecule has 0 spiro atoms. The van der Waals surface area contributed by atoms with E-state index in [2.05, 4.69) is 15.0 Å². The normalized spacial score (nSPS) is 19.7. The summed E-state index contributed by atoms with van der Waals surface area (Å²) in [4.78, 5) is 26.3. The lowest BCUT2D eigenvalue weighted by Gasteiger charge is -2.21. The molecular weight excluding hydrogens is 412 g/mol. The minimum Gasteiger partial charge on any atom is -0.375 e. The average Bonchev–Trinajstić information content (AvgIpc) is 3.30. The van der Waals surface area contributed by atoms with Crippen LogP contribution in [0.15, 0.2) is 47.1 Å². The lowest BCUT2D eigenvalue weighted by molar-refractivity contribution is -0.143. The molecule has 10 heteroatoms. The third kappa shape index (κ3) is 3.54. The Balaban J connectivity index is 1.69. The molecule has 4 rings (SSSR count). The topological polar surface area (TPSA) is 113 Å². The molecule has 1 fully saturated rings. The second kappa shape index (κ2) is 6.97. The summed E-state index contributed by atoms with van der Waals surface area (Å²) in [5, 5.41) is 13.1. The average molecular weight is 431 g/mol. The van der Waals surface area contributed by atoms with Crippen molar-refractivity contribution in [2.75, 3.05) is 19.8 Å². The number of benzene rings is 1. The molecule has 29 heavy (non-hydrogen) atoms. The molecule has 1 aromatic carbocycles. The molecule has 1 saturated heterocycles. The predicted octanol–water partition coefficient (Wildman–Crippen LogP) is 1.72. The summed E-state index contributed by atoms with van der Waals surface area (Å²) in [6.07, 6.45) is 2.77. The predicted molar refractivity (Wildman–Crippen MR) is 108 cm³/mol. The first-order valence-corrected chi connectivity index (χ1v) is 11.5. The first-order valence-electron chi connectivity index (χ1n) is 8.76. The zero-order chi connectivity index (χ0) is 20.8. The van der Waals surface area contributed by atoms with E-state index in [1.165, 1.54) is 22.4 Å². The molecule has 2 aromatic heterocycles. The van der Waals surface area contributed by atoms with Gasteiger partial charge in [-0.1, -0.05) is 18.2 Å². The Labute approximate surface area is 171 Å². The van der Waals surface area contributed by atoms with E-state index < -0.39 is 15.4 Å². The molecule has 0 aliphatic carbocycles. The zero-order valence-electron chi connectivity index (χ0n) is 15.7. The van der Waals surface area contributed by atoms with E-state index in [1.54, 1.807) is 36.7 Å². The monoisotopic (exact) mass is 430 g/mol. The number of likely N-dealkylation sites (tertiary alicyclic amines) is 1. The summed E-state index contributed by atoms with van der Waals surface area (Å²) >= 11 is 1.36. The van der Waals surface area contributed by atoms with Crippen LogP contribution in [-0.2, 0) is 20.2 Å². The minimum atomic E-state index is -3.52. The van der Waals surface area contributed by atoms with E-state index in [0.29, 0.717) is 34.9 Å². The Morgan fingerprint density at radius 3 is 2.69 bits per heavy atom. The number of aliphatic hydroxyl groups is 1. The number of hydrogen-bond donors (Lipinski definition) is 1. The summed E-state index contributed by atoms with van der Waals surface area (Å²) in [6.45, 7) is 0.497. The van der Waals surface area contributed by atoms with Crippen LogP contribution in [0.1, 0.15) is 12.0 Å². The fourth-order valence-corrected chi connectivity index (χ4v) is 4.54. The number of likely N-dealkylation sites (N-methyl/N-ethyl adjacent to an activating group) is 1. The van der Waals surface area contributed by atoms with Crippen molar-refractivity contribution in [2.45, 2.75) is 17.2 Å². The van der Waals surface area contributed by atoms with Gasteiger partial charge in [0.25, 0.3) is 5.91 Å². The van der Waals surface area contributed by atoms with Crippen LogP contribution in [0.5, 0.6) is 0 Å². The Morgan fingerprint density at radius 2 is 2.00 bits per heavy atom. The van der Waals surface area contributed by atoms with Crippen LogP contribution in [0.4, 0.5) is 0 Å². The van der Waals surface area contributed by atoms with Gasteiger partial charge in [0.05, 0.1) is 5.69 Å². The molecule has 0 bridgehead atoms. The molecule has 1 aliphatic rings. The van der Waals surface area contributed by atoms with E-state index in [9.17, 15) is 18.3 Å². The maximum Gasteiger partial charge on any atom is 0.258 e. The number of carbonyl (C=O) groups excluding carboxylic acids is 1. The Morgan fingerprint density at radius 1 is 1.21 bits per heavy atom. The van der Waals surface area contributed by atoms with Crippen molar-refractivity contribution in [1.82, 2.24) is 19.9 Å². The number of carbonyl (C=O) groups is 1. The summed E-state index contributed by atoms with van der Waals surface area (Å²) in [5.74, 6) is -0.316. The van der Waals surface area contributed by atoms with Crippen molar-refractivity contribution in [3.63, 3.8) is 0 Å². The number of amides is 1. The Bertz CT molecular complexity index is 1210. The largest absolute Gasteiger partial charge is 0.375 e. The van der Waals surface area contributed by atoms with Crippen LogP contribution >= 0.6 is 11.3 Å². The van der Waals surface area contributed by atoms with E-state index in [-0.39, 0.29) is 11.1 Å². The molecule has 1 amide bonds. The van der Waals surface area contributed by atoms with Crippen LogP contribution in [0.2, 0.25) is 0 Å². The van der Waals surface area contributed by atoms with Crippen LogP contribution in [0, 0.1) is 0 Å². The molecule has 1 N–H and O–H groups in total. The summed E-state index contributed by atoms with van der Waals surface area (Å²) in [7, 11) is -1.85. The molecule has 150 valence electrons.